The van der Waals surface area contributed by atoms with Gasteiger partial charge in [-0.05, 0) is 25.7 Å². The molecule has 0 heterocycles. The number of carboxylic acids is 1. The molecule has 0 aromatic carbocycles. The number of carbonyl (C=O) groups excluding carboxylic acids is 2. The van der Waals surface area contributed by atoms with Gasteiger partial charge in [-0.2, -0.15) is 0 Å². The zero-order valence-electron chi connectivity index (χ0n) is 11.4. The highest BCUT2D eigenvalue weighted by atomic mass is 16.5. The number of ether oxygens (including phenoxy) is 1. The molecule has 3 N–H and O–H groups in total. The summed E-state index contributed by atoms with van der Waals surface area (Å²) in [5.41, 5.74) is 5.16. The molecule has 0 fully saturated rings. The van der Waals surface area contributed by atoms with Crippen molar-refractivity contribution in [2.75, 3.05) is 13.2 Å². The number of rotatable bonds is 11. The first-order chi connectivity index (χ1) is 9.01. The van der Waals surface area contributed by atoms with Crippen molar-refractivity contribution in [3.63, 3.8) is 0 Å². The minimum absolute atomic E-state index is 0.0263. The second kappa shape index (κ2) is 10.5. The number of unbranched alkanes of at least 4 members (excludes halogenated alkanes) is 1. The van der Waals surface area contributed by atoms with E-state index < -0.39 is 11.9 Å². The van der Waals surface area contributed by atoms with Crippen LogP contribution in [0.1, 0.15) is 45.4 Å². The minimum Gasteiger partial charge on any atom is -0.481 e. The van der Waals surface area contributed by atoms with Gasteiger partial charge in [0.05, 0.1) is 19.1 Å². The molecule has 6 nitrogen and oxygen atoms in total. The number of hydrogen-bond acceptors (Lipinski definition) is 5. The third kappa shape index (κ3) is 9.18. The predicted molar refractivity (Wildman–Crippen MR) is 69.5 cm³/mol. The SMILES string of the molecule is CCCC(=O)OCCCCC(CC(=O)CN)C(=O)O. The highest BCUT2D eigenvalue weighted by molar-refractivity contribution is 5.85. The van der Waals surface area contributed by atoms with Crippen molar-refractivity contribution in [3.8, 4) is 0 Å². The van der Waals surface area contributed by atoms with E-state index in [1.54, 1.807) is 0 Å². The van der Waals surface area contributed by atoms with Crippen molar-refractivity contribution in [2.45, 2.75) is 45.4 Å². The molecule has 0 amide bonds. The number of carbonyl (C=O) groups is 3. The maximum atomic E-state index is 11.1. The van der Waals surface area contributed by atoms with Crippen LogP contribution >= 0.6 is 0 Å². The van der Waals surface area contributed by atoms with Crippen molar-refractivity contribution in [1.82, 2.24) is 0 Å². The highest BCUT2D eigenvalue weighted by Gasteiger charge is 2.19. The van der Waals surface area contributed by atoms with E-state index in [-0.39, 0.29) is 24.7 Å². The fraction of sp³-hybridized carbons (Fsp3) is 0.769. The highest BCUT2D eigenvalue weighted by Crippen LogP contribution is 2.13. The summed E-state index contributed by atoms with van der Waals surface area (Å²) in [4.78, 5) is 33.1. The number of nitrogens with two attached hydrogens (primary N) is 1. The fourth-order valence-electron chi connectivity index (χ4n) is 1.63. The number of ketones is 1. The first kappa shape index (κ1) is 17.6. The second-order valence-electron chi connectivity index (χ2n) is 4.45. The van der Waals surface area contributed by atoms with E-state index in [0.717, 1.165) is 6.42 Å². The van der Waals surface area contributed by atoms with E-state index in [1.165, 1.54) is 0 Å². The molecule has 6 heteroatoms. The molecule has 0 aromatic heterocycles. The zero-order valence-corrected chi connectivity index (χ0v) is 11.4. The van der Waals surface area contributed by atoms with Gasteiger partial charge in [0.25, 0.3) is 0 Å². The van der Waals surface area contributed by atoms with Gasteiger partial charge in [0.2, 0.25) is 0 Å². The molecule has 1 unspecified atom stereocenters. The van der Waals surface area contributed by atoms with Crippen LogP contribution < -0.4 is 5.73 Å². The fourth-order valence-corrected chi connectivity index (χ4v) is 1.63. The lowest BCUT2D eigenvalue weighted by Crippen LogP contribution is -2.22. The number of hydrogen-bond donors (Lipinski definition) is 2. The summed E-state index contributed by atoms with van der Waals surface area (Å²) in [6, 6.07) is 0. The summed E-state index contributed by atoms with van der Waals surface area (Å²) in [6.45, 7) is 2.07. The quantitative estimate of drug-likeness (QED) is 0.431. The Morgan fingerprint density at radius 3 is 2.47 bits per heavy atom. The Morgan fingerprint density at radius 1 is 1.26 bits per heavy atom. The molecule has 0 radical (unpaired) electrons. The molecule has 1 atom stereocenters. The summed E-state index contributed by atoms with van der Waals surface area (Å²) in [6.07, 6.45) is 2.74. The van der Waals surface area contributed by atoms with Crippen LogP contribution in [0.5, 0.6) is 0 Å². The van der Waals surface area contributed by atoms with E-state index >= 15 is 0 Å². The van der Waals surface area contributed by atoms with Gasteiger partial charge in [-0.3, -0.25) is 14.4 Å². The van der Waals surface area contributed by atoms with Crippen LogP contribution in [0.25, 0.3) is 0 Å². The van der Waals surface area contributed by atoms with Crippen LogP contribution in [0.4, 0.5) is 0 Å². The maximum absolute atomic E-state index is 11.1. The molecule has 0 rings (SSSR count). The van der Waals surface area contributed by atoms with Gasteiger partial charge in [-0.25, -0.2) is 0 Å². The number of Topliss-reactive ketones (excluding diaryl/α,β-unsaturated/α-hetero) is 1. The van der Waals surface area contributed by atoms with Gasteiger partial charge in [0.15, 0.2) is 0 Å². The average Bonchev–Trinajstić information content (AvgIpc) is 2.36. The number of esters is 1. The smallest absolute Gasteiger partial charge is 0.306 e. The molecule has 0 aliphatic heterocycles. The molecule has 0 saturated heterocycles. The first-order valence-corrected chi connectivity index (χ1v) is 6.61. The second-order valence-corrected chi connectivity index (χ2v) is 4.45. The van der Waals surface area contributed by atoms with E-state index in [4.69, 9.17) is 15.6 Å². The Morgan fingerprint density at radius 2 is 1.95 bits per heavy atom. The van der Waals surface area contributed by atoms with Crippen LogP contribution in [0.3, 0.4) is 0 Å². The van der Waals surface area contributed by atoms with Crippen LogP contribution in [0.2, 0.25) is 0 Å². The molecule has 0 aliphatic carbocycles. The average molecular weight is 273 g/mol. The van der Waals surface area contributed by atoms with E-state index in [0.29, 0.717) is 32.3 Å². The van der Waals surface area contributed by atoms with Crippen molar-refractivity contribution >= 4 is 17.7 Å². The van der Waals surface area contributed by atoms with Crippen LogP contribution in [0, 0.1) is 5.92 Å². The van der Waals surface area contributed by atoms with Gasteiger partial charge in [0.1, 0.15) is 5.78 Å². The maximum Gasteiger partial charge on any atom is 0.306 e. The minimum atomic E-state index is -0.982. The largest absolute Gasteiger partial charge is 0.481 e. The van der Waals surface area contributed by atoms with Crippen molar-refractivity contribution < 1.29 is 24.2 Å². The predicted octanol–water partition coefficient (Wildman–Crippen LogP) is 1.12. The third-order valence-electron chi connectivity index (χ3n) is 2.72. The zero-order chi connectivity index (χ0) is 14.7. The molecule has 0 spiro atoms. The Bertz CT molecular complexity index is 303. The Hall–Kier alpha value is -1.43. The number of aliphatic carboxylic acids is 1. The van der Waals surface area contributed by atoms with Crippen LogP contribution in [-0.4, -0.2) is 36.0 Å². The van der Waals surface area contributed by atoms with Crippen LogP contribution in [-0.2, 0) is 19.1 Å². The molecule has 110 valence electrons. The van der Waals surface area contributed by atoms with Crippen LogP contribution in [0.15, 0.2) is 0 Å². The third-order valence-corrected chi connectivity index (χ3v) is 2.72. The summed E-state index contributed by atoms with van der Waals surface area (Å²) < 4.78 is 4.95. The standard InChI is InChI=1S/C13H23NO5/c1-2-5-12(16)19-7-4-3-6-10(13(17)18)8-11(15)9-14/h10H,2-9,14H2,1H3,(H,17,18). The molecule has 19 heavy (non-hydrogen) atoms. The monoisotopic (exact) mass is 273 g/mol. The topological polar surface area (TPSA) is 107 Å². The lowest BCUT2D eigenvalue weighted by atomic mass is 9.96. The van der Waals surface area contributed by atoms with Gasteiger partial charge >= 0.3 is 11.9 Å². The molecular weight excluding hydrogens is 250 g/mol. The normalized spacial score (nSPS) is 11.9. The summed E-state index contributed by atoms with van der Waals surface area (Å²) >= 11 is 0. The first-order valence-electron chi connectivity index (χ1n) is 6.61. The van der Waals surface area contributed by atoms with Crippen molar-refractivity contribution in [1.29, 1.82) is 0 Å². The summed E-state index contributed by atoms with van der Waals surface area (Å²) in [5.74, 6) is -2.15. The van der Waals surface area contributed by atoms with Crippen molar-refractivity contribution in [3.05, 3.63) is 0 Å². The summed E-state index contributed by atoms with van der Waals surface area (Å²) in [5, 5.41) is 8.95. The Kier molecular flexibility index (Phi) is 9.70. The molecular formula is C13H23NO5. The lowest BCUT2D eigenvalue weighted by molar-refractivity contribution is -0.145. The molecule has 0 aliphatic rings. The number of carboxylic acid groups (broad SMARTS) is 1. The van der Waals surface area contributed by atoms with Crippen molar-refractivity contribution in [2.24, 2.45) is 11.7 Å². The molecule has 0 aromatic rings. The van der Waals surface area contributed by atoms with E-state index in [9.17, 15) is 14.4 Å². The summed E-state index contributed by atoms with van der Waals surface area (Å²) in [7, 11) is 0. The van der Waals surface area contributed by atoms with Gasteiger partial charge < -0.3 is 15.6 Å². The molecule has 0 bridgehead atoms. The van der Waals surface area contributed by atoms with Gasteiger partial charge in [-0.15, -0.1) is 0 Å². The Labute approximate surface area is 113 Å². The van der Waals surface area contributed by atoms with Gasteiger partial charge in [-0.1, -0.05) is 6.92 Å². The van der Waals surface area contributed by atoms with Gasteiger partial charge in [0, 0.05) is 12.8 Å². The Balaban J connectivity index is 3.79. The van der Waals surface area contributed by atoms with E-state index in [2.05, 4.69) is 0 Å². The molecule has 0 saturated carbocycles. The lowest BCUT2D eigenvalue weighted by Gasteiger charge is -2.10. The van der Waals surface area contributed by atoms with E-state index in [1.807, 2.05) is 6.92 Å².